The van der Waals surface area contributed by atoms with Crippen molar-refractivity contribution in [1.29, 1.82) is 0 Å². The summed E-state index contributed by atoms with van der Waals surface area (Å²) in [6, 6.07) is 20.4. The average Bonchev–Trinajstić information content (AvgIpc) is 3.16. The number of nitrogens with zero attached hydrogens (tertiary/aromatic N) is 2. The van der Waals surface area contributed by atoms with Crippen LogP contribution in [0.1, 0.15) is 30.7 Å². The van der Waals surface area contributed by atoms with Gasteiger partial charge in [-0.2, -0.15) is 0 Å². The molecule has 1 amide bonds. The molecule has 152 valence electrons. The Hall–Kier alpha value is -2.59. The summed E-state index contributed by atoms with van der Waals surface area (Å²) in [6.07, 6.45) is 1.98. The maximum atomic E-state index is 13.2. The van der Waals surface area contributed by atoms with Crippen molar-refractivity contribution in [3.8, 4) is 0 Å². The molecule has 0 bridgehead atoms. The van der Waals surface area contributed by atoms with Gasteiger partial charge in [-0.1, -0.05) is 42.5 Å². The van der Waals surface area contributed by atoms with Crippen LogP contribution < -0.4 is 0 Å². The van der Waals surface area contributed by atoms with Gasteiger partial charge in [0.05, 0.1) is 12.0 Å². The van der Waals surface area contributed by atoms with E-state index in [1.165, 1.54) is 12.1 Å². The van der Waals surface area contributed by atoms with Crippen molar-refractivity contribution in [3.05, 3.63) is 95.6 Å². The van der Waals surface area contributed by atoms with Crippen molar-refractivity contribution >= 4 is 17.5 Å². The molecule has 0 aliphatic heterocycles. The van der Waals surface area contributed by atoms with Crippen LogP contribution in [-0.2, 0) is 24.4 Å². The van der Waals surface area contributed by atoms with Crippen LogP contribution in [0.15, 0.2) is 72.9 Å². The van der Waals surface area contributed by atoms with Crippen molar-refractivity contribution in [2.45, 2.75) is 33.5 Å². The van der Waals surface area contributed by atoms with Gasteiger partial charge in [0.2, 0.25) is 5.91 Å². The quantitative estimate of drug-likeness (QED) is 0.450. The summed E-state index contributed by atoms with van der Waals surface area (Å²) < 4.78 is 15.3. The lowest BCUT2D eigenvalue weighted by molar-refractivity contribution is -0.140. The third kappa shape index (κ3) is 5.48. The third-order valence-electron chi connectivity index (χ3n) is 4.96. The van der Waals surface area contributed by atoms with Gasteiger partial charge in [0.1, 0.15) is 5.82 Å². The van der Waals surface area contributed by atoms with Crippen LogP contribution in [0.3, 0.4) is 0 Å². The highest BCUT2D eigenvalue weighted by atomic mass is 35.5. The number of halogens is 2. The van der Waals surface area contributed by atoms with Gasteiger partial charge < -0.3 is 9.47 Å². The average molecular weight is 413 g/mol. The Morgan fingerprint density at radius 1 is 0.966 bits per heavy atom. The summed E-state index contributed by atoms with van der Waals surface area (Å²) in [5.41, 5.74) is 2.45. The number of carbonyl (C=O) groups excluding carboxylic acids is 1. The van der Waals surface area contributed by atoms with E-state index in [1.807, 2.05) is 67.4 Å². The highest BCUT2D eigenvalue weighted by Crippen LogP contribution is 2.24. The van der Waals surface area contributed by atoms with Gasteiger partial charge in [-0.3, -0.25) is 4.79 Å². The Kier molecular flexibility index (Phi) is 6.75. The van der Waals surface area contributed by atoms with E-state index in [0.717, 1.165) is 16.8 Å². The normalized spacial score (nSPS) is 11.4. The standard InChI is InChI=1S/C24H26ClFN2O/c1-24(2,18-25)23(29)28(16-19-7-4-3-5-8-19)17-22-9-6-14-27(22)15-20-10-12-21(26)13-11-20/h3-14H,15-18H2,1-2H3. The van der Waals surface area contributed by atoms with E-state index in [0.29, 0.717) is 19.6 Å². The molecule has 0 aliphatic carbocycles. The van der Waals surface area contributed by atoms with E-state index in [9.17, 15) is 9.18 Å². The minimum Gasteiger partial charge on any atom is -0.345 e. The molecule has 3 aromatic rings. The van der Waals surface area contributed by atoms with E-state index < -0.39 is 5.41 Å². The second-order valence-electron chi connectivity index (χ2n) is 7.92. The molecule has 1 aromatic heterocycles. The van der Waals surface area contributed by atoms with Crippen LogP contribution in [0, 0.1) is 11.2 Å². The second-order valence-corrected chi connectivity index (χ2v) is 8.19. The lowest BCUT2D eigenvalue weighted by atomic mass is 9.94. The molecule has 29 heavy (non-hydrogen) atoms. The summed E-state index contributed by atoms with van der Waals surface area (Å²) in [5.74, 6) is 0.0311. The highest BCUT2D eigenvalue weighted by molar-refractivity contribution is 6.19. The molecule has 0 saturated heterocycles. The molecule has 0 atom stereocenters. The number of alkyl halides is 1. The van der Waals surface area contributed by atoms with Gasteiger partial charge in [0.25, 0.3) is 0 Å². The maximum absolute atomic E-state index is 13.2. The Balaban J connectivity index is 1.83. The molecule has 3 rings (SSSR count). The number of benzene rings is 2. The first kappa shape index (κ1) is 21.1. The van der Waals surface area contributed by atoms with Crippen LogP contribution in [0.2, 0.25) is 0 Å². The number of hydrogen-bond donors (Lipinski definition) is 0. The van der Waals surface area contributed by atoms with E-state index >= 15 is 0 Å². The summed E-state index contributed by atoms with van der Waals surface area (Å²) in [4.78, 5) is 15.1. The SMILES string of the molecule is CC(C)(CCl)C(=O)N(Cc1ccccc1)Cc1cccn1Cc1ccc(F)cc1. The molecule has 0 radical (unpaired) electrons. The first-order valence-electron chi connectivity index (χ1n) is 9.67. The molecular weight excluding hydrogens is 387 g/mol. The smallest absolute Gasteiger partial charge is 0.230 e. The summed E-state index contributed by atoms with van der Waals surface area (Å²) >= 11 is 6.09. The van der Waals surface area contributed by atoms with Gasteiger partial charge >= 0.3 is 0 Å². The fourth-order valence-electron chi connectivity index (χ4n) is 3.22. The van der Waals surface area contributed by atoms with Crippen LogP contribution >= 0.6 is 11.6 Å². The fraction of sp³-hybridized carbons (Fsp3) is 0.292. The molecule has 0 spiro atoms. The topological polar surface area (TPSA) is 25.2 Å². The molecule has 0 fully saturated rings. The zero-order valence-corrected chi connectivity index (χ0v) is 17.6. The monoisotopic (exact) mass is 412 g/mol. The van der Waals surface area contributed by atoms with Crippen LogP contribution in [-0.4, -0.2) is 21.3 Å². The fourth-order valence-corrected chi connectivity index (χ4v) is 3.33. The van der Waals surface area contributed by atoms with Crippen molar-refractivity contribution in [1.82, 2.24) is 9.47 Å². The van der Waals surface area contributed by atoms with Crippen molar-refractivity contribution in [2.24, 2.45) is 5.41 Å². The number of hydrogen-bond acceptors (Lipinski definition) is 1. The number of aromatic nitrogens is 1. The van der Waals surface area contributed by atoms with E-state index in [2.05, 4.69) is 4.57 Å². The number of amides is 1. The highest BCUT2D eigenvalue weighted by Gasteiger charge is 2.31. The van der Waals surface area contributed by atoms with Crippen LogP contribution in [0.5, 0.6) is 0 Å². The molecule has 1 heterocycles. The zero-order valence-electron chi connectivity index (χ0n) is 16.8. The van der Waals surface area contributed by atoms with Gasteiger partial charge in [0.15, 0.2) is 0 Å². The Morgan fingerprint density at radius 2 is 1.66 bits per heavy atom. The molecule has 0 unspecified atom stereocenters. The Morgan fingerprint density at radius 3 is 2.31 bits per heavy atom. The predicted molar refractivity (Wildman–Crippen MR) is 115 cm³/mol. The van der Waals surface area contributed by atoms with Gasteiger partial charge in [-0.25, -0.2) is 4.39 Å². The van der Waals surface area contributed by atoms with E-state index in [-0.39, 0.29) is 17.6 Å². The van der Waals surface area contributed by atoms with Gasteiger partial charge in [-0.15, -0.1) is 11.6 Å². The molecule has 0 aliphatic rings. The van der Waals surface area contributed by atoms with Gasteiger partial charge in [-0.05, 0) is 49.2 Å². The largest absolute Gasteiger partial charge is 0.345 e. The maximum Gasteiger partial charge on any atom is 0.230 e. The van der Waals surface area contributed by atoms with E-state index in [1.54, 1.807) is 12.1 Å². The van der Waals surface area contributed by atoms with E-state index in [4.69, 9.17) is 11.6 Å². The van der Waals surface area contributed by atoms with Crippen LogP contribution in [0.25, 0.3) is 0 Å². The summed E-state index contributed by atoms with van der Waals surface area (Å²) in [6.45, 7) is 5.36. The zero-order chi connectivity index (χ0) is 20.9. The number of carbonyl (C=O) groups is 1. The van der Waals surface area contributed by atoms with Crippen LogP contribution in [0.4, 0.5) is 4.39 Å². The van der Waals surface area contributed by atoms with Crippen molar-refractivity contribution < 1.29 is 9.18 Å². The minimum absolute atomic E-state index is 0.0193. The first-order valence-corrected chi connectivity index (χ1v) is 10.2. The molecule has 3 nitrogen and oxygen atoms in total. The second kappa shape index (κ2) is 9.27. The molecule has 2 aromatic carbocycles. The minimum atomic E-state index is -0.648. The third-order valence-corrected chi connectivity index (χ3v) is 5.63. The summed E-state index contributed by atoms with van der Waals surface area (Å²) in [7, 11) is 0. The molecule has 0 N–H and O–H groups in total. The van der Waals surface area contributed by atoms with Crippen molar-refractivity contribution in [3.63, 3.8) is 0 Å². The predicted octanol–water partition coefficient (Wildman–Crippen LogP) is 5.47. The molecule has 0 saturated carbocycles. The summed E-state index contributed by atoms with van der Waals surface area (Å²) in [5, 5.41) is 0. The first-order chi connectivity index (χ1) is 13.9. The lowest BCUT2D eigenvalue weighted by Gasteiger charge is -2.31. The molecule has 5 heteroatoms. The Bertz CT molecular complexity index is 935. The van der Waals surface area contributed by atoms with Gasteiger partial charge in [0, 0.05) is 30.9 Å². The number of rotatable bonds is 8. The molecular formula is C24H26ClFN2O. The lowest BCUT2D eigenvalue weighted by Crippen LogP contribution is -2.41. The van der Waals surface area contributed by atoms with Crippen molar-refractivity contribution in [2.75, 3.05) is 5.88 Å². The Labute approximate surface area is 176 Å².